The lowest BCUT2D eigenvalue weighted by Gasteiger charge is -2.05. The number of ether oxygens (including phenoxy) is 1. The molecular formula is C10H11BrN4O. The summed E-state index contributed by atoms with van der Waals surface area (Å²) >= 11 is 3.30. The third-order valence-corrected chi connectivity index (χ3v) is 2.36. The van der Waals surface area contributed by atoms with Crippen molar-refractivity contribution >= 4 is 15.9 Å². The van der Waals surface area contributed by atoms with Gasteiger partial charge in [0.15, 0.2) is 0 Å². The van der Waals surface area contributed by atoms with Gasteiger partial charge in [-0.05, 0) is 29.8 Å². The fraction of sp³-hybridized carbons (Fsp3) is 0.300. The zero-order chi connectivity index (χ0) is 11.7. The molecule has 2 rings (SSSR count). The molecule has 5 nitrogen and oxygen atoms in total. The molecule has 2 heterocycles. The van der Waals surface area contributed by atoms with E-state index in [2.05, 4.69) is 31.0 Å². The highest BCUT2D eigenvalue weighted by Gasteiger charge is 2.07. The number of hydrogen-bond acceptors (Lipinski definition) is 4. The molecular weight excluding hydrogens is 272 g/mol. The normalized spacial score (nSPS) is 10.5. The summed E-state index contributed by atoms with van der Waals surface area (Å²) in [5.41, 5.74) is 0.905. The molecule has 2 aromatic rings. The largest absolute Gasteiger partial charge is 0.421 e. The van der Waals surface area contributed by atoms with Crippen LogP contribution in [0.3, 0.4) is 0 Å². The van der Waals surface area contributed by atoms with E-state index in [0.29, 0.717) is 22.2 Å². The van der Waals surface area contributed by atoms with Crippen LogP contribution in [0.4, 0.5) is 0 Å². The van der Waals surface area contributed by atoms with Gasteiger partial charge in [0.2, 0.25) is 11.8 Å². The quantitative estimate of drug-likeness (QED) is 0.794. The molecule has 0 atom stereocenters. The molecule has 0 fully saturated rings. The first kappa shape index (κ1) is 11.1. The maximum atomic E-state index is 5.61. The first-order valence-electron chi connectivity index (χ1n) is 4.74. The zero-order valence-corrected chi connectivity index (χ0v) is 10.8. The Morgan fingerprint density at radius 1 is 1.25 bits per heavy atom. The highest BCUT2D eigenvalue weighted by molar-refractivity contribution is 9.10. The predicted molar refractivity (Wildman–Crippen MR) is 62.5 cm³/mol. The van der Waals surface area contributed by atoms with Crippen LogP contribution in [0.5, 0.6) is 11.8 Å². The summed E-state index contributed by atoms with van der Waals surface area (Å²) < 4.78 is 7.98. The van der Waals surface area contributed by atoms with Gasteiger partial charge in [-0.15, -0.1) is 0 Å². The Kier molecular flexibility index (Phi) is 2.91. The summed E-state index contributed by atoms with van der Waals surface area (Å²) in [6, 6.07) is 3.57. The standard InChI is InChI=1S/C10H11BrN4O/c1-6-4-10(15(3)14-6)16-9-5-8(11)12-7(2)13-9/h4-5H,1-3H3. The molecule has 84 valence electrons. The second kappa shape index (κ2) is 4.21. The number of aromatic nitrogens is 4. The molecule has 0 aliphatic carbocycles. The Morgan fingerprint density at radius 3 is 2.56 bits per heavy atom. The van der Waals surface area contributed by atoms with Gasteiger partial charge in [0.25, 0.3) is 0 Å². The molecule has 0 spiro atoms. The number of nitrogens with zero attached hydrogens (tertiary/aromatic N) is 4. The fourth-order valence-corrected chi connectivity index (χ4v) is 1.80. The molecule has 0 saturated heterocycles. The minimum absolute atomic E-state index is 0.502. The van der Waals surface area contributed by atoms with Gasteiger partial charge in [-0.2, -0.15) is 10.1 Å². The second-order valence-electron chi connectivity index (χ2n) is 3.43. The minimum atomic E-state index is 0.502. The maximum Gasteiger partial charge on any atom is 0.225 e. The van der Waals surface area contributed by atoms with Gasteiger partial charge in [0.05, 0.1) is 5.69 Å². The van der Waals surface area contributed by atoms with E-state index in [0.717, 1.165) is 5.69 Å². The van der Waals surface area contributed by atoms with Crippen LogP contribution in [-0.4, -0.2) is 19.7 Å². The van der Waals surface area contributed by atoms with Gasteiger partial charge in [-0.25, -0.2) is 9.67 Å². The van der Waals surface area contributed by atoms with Crippen molar-refractivity contribution in [1.29, 1.82) is 0 Å². The monoisotopic (exact) mass is 282 g/mol. The summed E-state index contributed by atoms with van der Waals surface area (Å²) in [5.74, 6) is 1.81. The molecule has 0 aliphatic rings. The molecule has 6 heteroatoms. The Labute approximate surface area is 102 Å². The fourth-order valence-electron chi connectivity index (χ4n) is 1.35. The van der Waals surface area contributed by atoms with Crippen molar-refractivity contribution in [2.24, 2.45) is 7.05 Å². The lowest BCUT2D eigenvalue weighted by atomic mass is 10.5. The molecule has 0 aromatic carbocycles. The van der Waals surface area contributed by atoms with Crippen molar-refractivity contribution in [3.63, 3.8) is 0 Å². The first-order valence-corrected chi connectivity index (χ1v) is 5.53. The van der Waals surface area contributed by atoms with Crippen molar-refractivity contribution in [2.75, 3.05) is 0 Å². The average Bonchev–Trinajstić information content (AvgIpc) is 2.43. The SMILES string of the molecule is Cc1cc(Oc2cc(Br)nc(C)n2)n(C)n1. The molecule has 0 bridgehead atoms. The van der Waals surface area contributed by atoms with Gasteiger partial charge in [-0.3, -0.25) is 0 Å². The minimum Gasteiger partial charge on any atom is -0.421 e. The average molecular weight is 283 g/mol. The van der Waals surface area contributed by atoms with Gasteiger partial charge in [0.1, 0.15) is 10.4 Å². The van der Waals surface area contributed by atoms with Crippen LogP contribution in [0.2, 0.25) is 0 Å². The van der Waals surface area contributed by atoms with E-state index in [1.165, 1.54) is 0 Å². The molecule has 0 aliphatic heterocycles. The summed E-state index contributed by atoms with van der Waals surface area (Å²) in [4.78, 5) is 8.28. The van der Waals surface area contributed by atoms with Crippen molar-refractivity contribution < 1.29 is 4.74 Å². The maximum absolute atomic E-state index is 5.61. The van der Waals surface area contributed by atoms with Crippen LogP contribution < -0.4 is 4.74 Å². The predicted octanol–water partition coefficient (Wildman–Crippen LogP) is 2.38. The number of aryl methyl sites for hydroxylation is 3. The van der Waals surface area contributed by atoms with Crippen molar-refractivity contribution in [2.45, 2.75) is 13.8 Å². The van der Waals surface area contributed by atoms with E-state index < -0.39 is 0 Å². The molecule has 0 unspecified atom stereocenters. The van der Waals surface area contributed by atoms with E-state index in [1.54, 1.807) is 10.7 Å². The lowest BCUT2D eigenvalue weighted by Crippen LogP contribution is -1.98. The number of rotatable bonds is 2. The smallest absolute Gasteiger partial charge is 0.225 e. The van der Waals surface area contributed by atoms with Crippen molar-refractivity contribution in [3.8, 4) is 11.8 Å². The van der Waals surface area contributed by atoms with Gasteiger partial charge in [0, 0.05) is 19.2 Å². The Hall–Kier alpha value is -1.43. The van der Waals surface area contributed by atoms with Gasteiger partial charge >= 0.3 is 0 Å². The summed E-state index contributed by atoms with van der Waals surface area (Å²) in [7, 11) is 1.82. The Balaban J connectivity index is 2.30. The Bertz CT molecular complexity index is 503. The van der Waals surface area contributed by atoms with Crippen molar-refractivity contribution in [1.82, 2.24) is 19.7 Å². The summed E-state index contributed by atoms with van der Waals surface area (Å²) in [6.07, 6.45) is 0. The molecule has 0 amide bonds. The highest BCUT2D eigenvalue weighted by atomic mass is 79.9. The van der Waals surface area contributed by atoms with Gasteiger partial charge < -0.3 is 4.74 Å². The van der Waals surface area contributed by atoms with Crippen LogP contribution in [-0.2, 0) is 7.05 Å². The molecule has 16 heavy (non-hydrogen) atoms. The molecule has 2 aromatic heterocycles. The third-order valence-electron chi connectivity index (χ3n) is 1.95. The van der Waals surface area contributed by atoms with Crippen LogP contribution in [0.1, 0.15) is 11.5 Å². The molecule has 0 N–H and O–H groups in total. The summed E-state index contributed by atoms with van der Waals surface area (Å²) in [5, 5.41) is 4.19. The number of halogens is 1. The highest BCUT2D eigenvalue weighted by Crippen LogP contribution is 2.21. The third kappa shape index (κ3) is 2.38. The van der Waals surface area contributed by atoms with E-state index >= 15 is 0 Å². The first-order chi connectivity index (χ1) is 7.54. The Morgan fingerprint density at radius 2 is 2.00 bits per heavy atom. The van der Waals surface area contributed by atoms with Crippen LogP contribution in [0, 0.1) is 13.8 Å². The van der Waals surface area contributed by atoms with Crippen LogP contribution in [0.25, 0.3) is 0 Å². The topological polar surface area (TPSA) is 52.8 Å². The van der Waals surface area contributed by atoms with E-state index in [4.69, 9.17) is 4.74 Å². The van der Waals surface area contributed by atoms with Gasteiger partial charge in [-0.1, -0.05) is 0 Å². The van der Waals surface area contributed by atoms with Crippen LogP contribution in [0.15, 0.2) is 16.7 Å². The molecule has 0 radical (unpaired) electrons. The second-order valence-corrected chi connectivity index (χ2v) is 4.24. The lowest BCUT2D eigenvalue weighted by molar-refractivity contribution is 0.413. The van der Waals surface area contributed by atoms with E-state index in [1.807, 2.05) is 27.0 Å². The zero-order valence-electron chi connectivity index (χ0n) is 9.23. The van der Waals surface area contributed by atoms with Crippen molar-refractivity contribution in [3.05, 3.63) is 28.3 Å². The molecule has 0 saturated carbocycles. The van der Waals surface area contributed by atoms with E-state index in [-0.39, 0.29) is 0 Å². The van der Waals surface area contributed by atoms with E-state index in [9.17, 15) is 0 Å². The summed E-state index contributed by atoms with van der Waals surface area (Å²) in [6.45, 7) is 3.72. The van der Waals surface area contributed by atoms with Crippen LogP contribution >= 0.6 is 15.9 Å². The number of hydrogen-bond donors (Lipinski definition) is 0.